The quantitative estimate of drug-likeness (QED) is 0.392. The van der Waals surface area contributed by atoms with Crippen LogP contribution in [0.15, 0.2) is 66.7 Å². The highest BCUT2D eigenvalue weighted by Crippen LogP contribution is 2.39. The van der Waals surface area contributed by atoms with Crippen LogP contribution in [0.1, 0.15) is 55.5 Å². The number of rotatable bonds is 5. The van der Waals surface area contributed by atoms with Gasteiger partial charge in [-0.15, -0.1) is 0 Å². The number of methoxy groups -OCH3 is 1. The van der Waals surface area contributed by atoms with E-state index in [1.807, 2.05) is 66.7 Å². The highest BCUT2D eigenvalue weighted by atomic mass is 16.6. The van der Waals surface area contributed by atoms with Gasteiger partial charge >= 0.3 is 12.1 Å². The smallest absolute Gasteiger partial charge is 0.411 e. The van der Waals surface area contributed by atoms with Crippen LogP contribution in [0.5, 0.6) is 11.5 Å². The Labute approximate surface area is 235 Å². The third-order valence-electron chi connectivity index (χ3n) is 7.02. The van der Waals surface area contributed by atoms with Gasteiger partial charge < -0.3 is 24.3 Å². The van der Waals surface area contributed by atoms with E-state index in [4.69, 9.17) is 18.9 Å². The summed E-state index contributed by atoms with van der Waals surface area (Å²) in [5, 5.41) is 3.48. The molecular weight excluding hydrogens is 508 g/mol. The molecule has 2 heterocycles. The molecule has 8 nitrogen and oxygen atoms in total. The monoisotopic (exact) mass is 544 g/mol. The molecule has 40 heavy (non-hydrogen) atoms. The summed E-state index contributed by atoms with van der Waals surface area (Å²) in [6.07, 6.45) is 0.418. The maximum atomic E-state index is 13.0. The Morgan fingerprint density at radius 2 is 1.77 bits per heavy atom. The minimum absolute atomic E-state index is 0.150. The van der Waals surface area contributed by atoms with Crippen molar-refractivity contribution in [3.63, 3.8) is 0 Å². The van der Waals surface area contributed by atoms with Crippen molar-refractivity contribution in [1.29, 1.82) is 0 Å². The summed E-state index contributed by atoms with van der Waals surface area (Å²) in [6.45, 7) is 6.87. The van der Waals surface area contributed by atoms with E-state index in [0.717, 1.165) is 46.7 Å². The number of fused-ring (bicyclic) bond motifs is 2. The fraction of sp³-hybridized carbons (Fsp3) is 0.375. The van der Waals surface area contributed by atoms with Crippen molar-refractivity contribution in [2.75, 3.05) is 19.0 Å². The molecule has 0 radical (unpaired) electrons. The summed E-state index contributed by atoms with van der Waals surface area (Å²) < 4.78 is 23.1. The van der Waals surface area contributed by atoms with E-state index in [2.05, 4.69) is 5.32 Å². The number of esters is 1. The highest BCUT2D eigenvalue weighted by Gasteiger charge is 2.38. The van der Waals surface area contributed by atoms with E-state index in [1.165, 1.54) is 12.0 Å². The Bertz CT molecular complexity index is 1350. The zero-order valence-electron chi connectivity index (χ0n) is 23.4. The molecule has 0 bridgehead atoms. The van der Waals surface area contributed by atoms with E-state index < -0.39 is 23.7 Å². The molecule has 0 saturated carbocycles. The average molecular weight is 545 g/mol. The van der Waals surface area contributed by atoms with Crippen LogP contribution in [0.2, 0.25) is 0 Å². The third kappa shape index (κ3) is 6.33. The molecule has 0 aromatic heterocycles. The predicted octanol–water partition coefficient (Wildman–Crippen LogP) is 6.04. The van der Waals surface area contributed by atoms with Gasteiger partial charge in [-0.1, -0.05) is 42.5 Å². The lowest BCUT2D eigenvalue weighted by Gasteiger charge is -2.36. The second-order valence-corrected chi connectivity index (χ2v) is 11.1. The van der Waals surface area contributed by atoms with Gasteiger partial charge in [-0.2, -0.15) is 0 Å². The first-order valence-electron chi connectivity index (χ1n) is 13.6. The molecule has 0 aliphatic carbocycles. The summed E-state index contributed by atoms with van der Waals surface area (Å²) >= 11 is 0. The fourth-order valence-electron chi connectivity index (χ4n) is 5.02. The molecule has 1 N–H and O–H groups in total. The summed E-state index contributed by atoms with van der Waals surface area (Å²) in [6, 6.07) is 21.3. The first kappa shape index (κ1) is 27.4. The summed E-state index contributed by atoms with van der Waals surface area (Å²) in [7, 11) is 1.33. The van der Waals surface area contributed by atoms with Crippen molar-refractivity contribution in [3.8, 4) is 11.5 Å². The Morgan fingerprint density at radius 1 is 1.02 bits per heavy atom. The molecule has 2 aliphatic rings. The lowest BCUT2D eigenvalue weighted by molar-refractivity contribution is -0.147. The minimum Gasteiger partial charge on any atom is -0.489 e. The van der Waals surface area contributed by atoms with Crippen molar-refractivity contribution in [2.24, 2.45) is 0 Å². The molecule has 3 aromatic rings. The number of carbonyl (C=O) groups is 2. The lowest BCUT2D eigenvalue weighted by Crippen LogP contribution is -2.50. The van der Waals surface area contributed by atoms with Gasteiger partial charge in [-0.3, -0.25) is 4.90 Å². The van der Waals surface area contributed by atoms with Crippen LogP contribution < -0.4 is 14.8 Å². The molecular formula is C32H36N2O6. The number of benzene rings is 3. The molecule has 0 spiro atoms. The zero-order valence-corrected chi connectivity index (χ0v) is 23.4. The number of amides is 1. The van der Waals surface area contributed by atoms with Crippen LogP contribution in [0.25, 0.3) is 0 Å². The highest BCUT2D eigenvalue weighted by molar-refractivity contribution is 5.83. The first-order valence-corrected chi connectivity index (χ1v) is 13.6. The van der Waals surface area contributed by atoms with E-state index in [-0.39, 0.29) is 12.6 Å². The molecule has 1 amide bonds. The van der Waals surface area contributed by atoms with Gasteiger partial charge in [0.15, 0.2) is 0 Å². The molecule has 0 unspecified atom stereocenters. The van der Waals surface area contributed by atoms with Crippen LogP contribution in [0.3, 0.4) is 0 Å². The van der Waals surface area contributed by atoms with Crippen LogP contribution in [-0.2, 0) is 33.8 Å². The predicted molar refractivity (Wildman–Crippen MR) is 151 cm³/mol. The number of hydrogen-bond acceptors (Lipinski definition) is 7. The van der Waals surface area contributed by atoms with E-state index in [9.17, 15) is 9.59 Å². The van der Waals surface area contributed by atoms with Crippen molar-refractivity contribution >= 4 is 17.7 Å². The van der Waals surface area contributed by atoms with Crippen molar-refractivity contribution < 1.29 is 28.5 Å². The summed E-state index contributed by atoms with van der Waals surface area (Å²) in [5.41, 5.74) is 4.25. The minimum atomic E-state index is -0.757. The number of carbonyl (C=O) groups excluding carboxylic acids is 2. The van der Waals surface area contributed by atoms with E-state index in [0.29, 0.717) is 18.8 Å². The zero-order chi connectivity index (χ0) is 28.3. The lowest BCUT2D eigenvalue weighted by atomic mass is 9.93. The molecule has 5 rings (SSSR count). The van der Waals surface area contributed by atoms with Crippen LogP contribution in [0, 0.1) is 0 Å². The number of ether oxygens (including phenoxy) is 4. The van der Waals surface area contributed by atoms with Gasteiger partial charge in [0.1, 0.15) is 35.9 Å². The first-order chi connectivity index (χ1) is 19.2. The molecule has 8 heteroatoms. The SMILES string of the molecule is COC(=O)[C@@H]1Cc2cc3c(cc2CN1C(=O)OC(C)(C)C)O[C@@H](c1ccc(OCc2ccccc2)cc1)CCN3. The van der Waals surface area contributed by atoms with Gasteiger partial charge in [0.25, 0.3) is 0 Å². The van der Waals surface area contributed by atoms with Crippen molar-refractivity contribution in [3.05, 3.63) is 89.0 Å². The standard InChI is InChI=1S/C32H36N2O6/c1-32(2,3)40-31(36)34-19-24-18-29-26(16-23(24)17-27(34)30(35)37-4)33-15-14-28(39-29)22-10-12-25(13-11-22)38-20-21-8-6-5-7-9-21/h5-13,16,18,27-28,33H,14-15,17,19-20H2,1-4H3/t27-,28+/m0/s1. The second kappa shape index (κ2) is 11.5. The van der Waals surface area contributed by atoms with Gasteiger partial charge in [0.2, 0.25) is 0 Å². The Morgan fingerprint density at radius 3 is 2.48 bits per heavy atom. The molecule has 0 fully saturated rings. The van der Waals surface area contributed by atoms with Gasteiger partial charge in [0, 0.05) is 19.4 Å². The van der Waals surface area contributed by atoms with Gasteiger partial charge in [-0.25, -0.2) is 9.59 Å². The maximum absolute atomic E-state index is 13.0. The number of hydrogen-bond donors (Lipinski definition) is 1. The number of anilines is 1. The third-order valence-corrected chi connectivity index (χ3v) is 7.02. The largest absolute Gasteiger partial charge is 0.489 e. The molecule has 2 atom stereocenters. The van der Waals surface area contributed by atoms with Crippen molar-refractivity contribution in [2.45, 2.75) is 64.5 Å². The Balaban J connectivity index is 1.33. The van der Waals surface area contributed by atoms with Crippen LogP contribution in [-0.4, -0.2) is 42.3 Å². The molecule has 2 aliphatic heterocycles. The molecule has 210 valence electrons. The van der Waals surface area contributed by atoms with E-state index >= 15 is 0 Å². The normalized spacial score (nSPS) is 18.2. The Hall–Kier alpha value is -4.20. The summed E-state index contributed by atoms with van der Waals surface area (Å²) in [5.74, 6) is 1.05. The summed E-state index contributed by atoms with van der Waals surface area (Å²) in [4.78, 5) is 27.1. The average Bonchev–Trinajstić information content (AvgIpc) is 3.15. The van der Waals surface area contributed by atoms with Crippen molar-refractivity contribution in [1.82, 2.24) is 4.90 Å². The van der Waals surface area contributed by atoms with Gasteiger partial charge in [-0.05, 0) is 67.3 Å². The number of nitrogens with zero attached hydrogens (tertiary/aromatic N) is 1. The molecule has 3 aromatic carbocycles. The maximum Gasteiger partial charge on any atom is 0.411 e. The van der Waals surface area contributed by atoms with Gasteiger partial charge in [0.05, 0.1) is 19.3 Å². The van der Waals surface area contributed by atoms with E-state index in [1.54, 1.807) is 20.8 Å². The molecule has 0 saturated heterocycles. The topological polar surface area (TPSA) is 86.3 Å². The second-order valence-electron chi connectivity index (χ2n) is 11.1. The van der Waals surface area contributed by atoms with Crippen LogP contribution >= 0.6 is 0 Å². The Kier molecular flexibility index (Phi) is 7.87. The number of nitrogens with one attached hydrogen (secondary N) is 1. The fourth-order valence-corrected chi connectivity index (χ4v) is 5.02. The van der Waals surface area contributed by atoms with Crippen LogP contribution in [0.4, 0.5) is 10.5 Å².